The molecule has 0 aliphatic carbocycles. The number of allylic oxidation sites excluding steroid dienone is 4. The molecular formula is C31H30N6O2. The highest BCUT2D eigenvalue weighted by Crippen LogP contribution is 2.47. The van der Waals surface area contributed by atoms with E-state index in [-0.39, 0.29) is 11.7 Å². The van der Waals surface area contributed by atoms with Crippen molar-refractivity contribution in [2.75, 3.05) is 13.2 Å². The number of ketones is 1. The summed E-state index contributed by atoms with van der Waals surface area (Å²) >= 11 is 0. The second-order valence-corrected chi connectivity index (χ2v) is 11.4. The molecule has 0 amide bonds. The molecule has 2 aromatic heterocycles. The van der Waals surface area contributed by atoms with Crippen molar-refractivity contribution in [1.82, 2.24) is 20.3 Å². The molecule has 2 saturated heterocycles. The molecule has 7 heterocycles. The number of ether oxygens (including phenoxy) is 1. The fraction of sp³-hybridized carbons (Fsp3) is 0.323. The highest BCUT2D eigenvalue weighted by molar-refractivity contribution is 6.20. The molecule has 0 spiro atoms. The second-order valence-electron chi connectivity index (χ2n) is 11.4. The Morgan fingerprint density at radius 1 is 1.00 bits per heavy atom. The molecule has 3 atom stereocenters. The number of aromatic amines is 1. The number of nitrogens with one attached hydrogen (secondary N) is 2. The highest BCUT2D eigenvalue weighted by atomic mass is 16.5. The molecule has 7 rings (SSSR count). The van der Waals surface area contributed by atoms with Gasteiger partial charge in [-0.2, -0.15) is 0 Å². The summed E-state index contributed by atoms with van der Waals surface area (Å²) in [6, 6.07) is 4.06. The Labute approximate surface area is 226 Å². The maximum Gasteiger partial charge on any atom is 0.173 e. The van der Waals surface area contributed by atoms with Gasteiger partial charge < -0.3 is 15.0 Å². The number of aryl methyl sites for hydroxylation is 1. The van der Waals surface area contributed by atoms with Crippen molar-refractivity contribution in [3.63, 3.8) is 0 Å². The molecule has 8 bridgehead atoms. The number of carbonyl (C=O) groups is 1. The smallest absolute Gasteiger partial charge is 0.173 e. The van der Waals surface area contributed by atoms with Gasteiger partial charge in [-0.25, -0.2) is 15.0 Å². The number of H-pyrrole nitrogens is 1. The molecule has 39 heavy (non-hydrogen) atoms. The van der Waals surface area contributed by atoms with Crippen LogP contribution in [0, 0.1) is 18.3 Å². The number of hydrogen-bond donors (Lipinski definition) is 2. The predicted octanol–water partition coefficient (Wildman–Crippen LogP) is 2.35. The third-order valence-electron chi connectivity index (χ3n) is 8.36. The summed E-state index contributed by atoms with van der Waals surface area (Å²) in [4.78, 5) is 36.9. The van der Waals surface area contributed by atoms with Crippen LogP contribution in [0.15, 0.2) is 82.4 Å². The van der Waals surface area contributed by atoms with Crippen LogP contribution in [0.1, 0.15) is 31.7 Å². The number of fused-ring (bicyclic) bond motifs is 6. The molecule has 8 heteroatoms. The first-order valence-electron chi connectivity index (χ1n) is 13.4. The average molecular weight is 519 g/mol. The van der Waals surface area contributed by atoms with Gasteiger partial charge in [-0.15, -0.1) is 0 Å². The zero-order valence-electron chi connectivity index (χ0n) is 22.2. The van der Waals surface area contributed by atoms with Crippen molar-refractivity contribution >= 4 is 29.4 Å². The van der Waals surface area contributed by atoms with Crippen LogP contribution in [0.3, 0.4) is 0 Å². The Morgan fingerprint density at radius 2 is 1.77 bits per heavy atom. The molecule has 2 N–H and O–H groups in total. The minimum atomic E-state index is -0.951. The molecular weight excluding hydrogens is 488 g/mol. The SMILES string of the molecule is Cc1ncc(C23C=CC(=N2)C=c2ccc([nH]2)=CC2=NC(=CC4(C5CCOC5)NC(=C3)C(C)(C)C4=O)C=C2)cn1. The topological polar surface area (TPSA) is 105 Å². The molecule has 0 aromatic carbocycles. The molecule has 2 fully saturated rings. The Morgan fingerprint density at radius 3 is 2.51 bits per heavy atom. The van der Waals surface area contributed by atoms with Crippen LogP contribution >= 0.6 is 0 Å². The molecule has 8 nitrogen and oxygen atoms in total. The van der Waals surface area contributed by atoms with E-state index in [1.807, 2.05) is 81.8 Å². The quantitative estimate of drug-likeness (QED) is 0.635. The summed E-state index contributed by atoms with van der Waals surface area (Å²) in [6.07, 6.45) is 20.6. The third-order valence-corrected chi connectivity index (χ3v) is 8.36. The van der Waals surface area contributed by atoms with Crippen molar-refractivity contribution < 1.29 is 9.53 Å². The van der Waals surface area contributed by atoms with E-state index in [0.717, 1.165) is 45.5 Å². The molecule has 0 saturated carbocycles. The van der Waals surface area contributed by atoms with Crippen molar-refractivity contribution in [1.29, 1.82) is 0 Å². The van der Waals surface area contributed by atoms with Crippen LogP contribution in [-0.4, -0.2) is 50.9 Å². The Kier molecular flexibility index (Phi) is 5.16. The van der Waals surface area contributed by atoms with Crippen LogP contribution in [0.2, 0.25) is 0 Å². The van der Waals surface area contributed by atoms with Crippen LogP contribution in [0.5, 0.6) is 0 Å². The molecule has 5 aliphatic heterocycles. The zero-order valence-corrected chi connectivity index (χ0v) is 22.2. The van der Waals surface area contributed by atoms with Crippen molar-refractivity contribution in [2.45, 2.75) is 38.3 Å². The Hall–Kier alpha value is -4.17. The molecule has 3 unspecified atom stereocenters. The standard InChI is InChI=1S/C31H30N6O2/c1-19-32-16-21(17-33-19)30-10-8-25(36-30)13-24-5-4-22(34-24)12-23-6-7-26(35-23)14-31(20-9-11-39-18-20)28(38)29(2,3)27(15-30)37-31/h4-8,10,12-17,20,34,37H,9,11,18H2,1-3H3. The van der Waals surface area contributed by atoms with Crippen LogP contribution in [0.25, 0.3) is 12.2 Å². The van der Waals surface area contributed by atoms with E-state index < -0.39 is 16.5 Å². The summed E-state index contributed by atoms with van der Waals surface area (Å²) in [5.74, 6) is 0.778. The lowest BCUT2D eigenvalue weighted by atomic mass is 9.73. The van der Waals surface area contributed by atoms with Crippen LogP contribution < -0.4 is 16.0 Å². The summed E-state index contributed by atoms with van der Waals surface area (Å²) < 4.78 is 5.80. The van der Waals surface area contributed by atoms with Gasteiger partial charge in [0, 0.05) is 46.9 Å². The molecule has 0 radical (unpaired) electrons. The van der Waals surface area contributed by atoms with Crippen molar-refractivity contribution in [2.24, 2.45) is 21.3 Å². The summed E-state index contributed by atoms with van der Waals surface area (Å²) in [5, 5.41) is 5.60. The molecule has 2 aromatic rings. The number of nitrogens with zero attached hydrogens (tertiary/aromatic N) is 4. The molecule has 5 aliphatic rings. The van der Waals surface area contributed by atoms with Gasteiger partial charge in [0.1, 0.15) is 16.9 Å². The van der Waals surface area contributed by atoms with E-state index in [2.05, 4.69) is 32.4 Å². The third kappa shape index (κ3) is 3.81. The average Bonchev–Trinajstić information content (AvgIpc) is 3.73. The van der Waals surface area contributed by atoms with Gasteiger partial charge in [0.05, 0.1) is 29.1 Å². The maximum absolute atomic E-state index is 14.4. The fourth-order valence-corrected chi connectivity index (χ4v) is 6.12. The van der Waals surface area contributed by atoms with E-state index in [1.54, 1.807) is 0 Å². The van der Waals surface area contributed by atoms with Crippen molar-refractivity contribution in [3.05, 3.63) is 94.5 Å². The lowest BCUT2D eigenvalue weighted by Crippen LogP contribution is -2.51. The van der Waals surface area contributed by atoms with Gasteiger partial charge in [0.15, 0.2) is 5.78 Å². The molecule has 196 valence electrons. The van der Waals surface area contributed by atoms with Gasteiger partial charge in [-0.3, -0.25) is 9.79 Å². The van der Waals surface area contributed by atoms with Crippen LogP contribution in [-0.2, 0) is 15.1 Å². The Bertz CT molecular complexity index is 1700. The zero-order chi connectivity index (χ0) is 26.8. The normalized spacial score (nSPS) is 30.2. The van der Waals surface area contributed by atoms with Gasteiger partial charge in [-0.1, -0.05) is 0 Å². The summed E-state index contributed by atoms with van der Waals surface area (Å²) in [6.45, 7) is 6.98. The minimum Gasteiger partial charge on any atom is -0.381 e. The Balaban J connectivity index is 1.50. The fourth-order valence-electron chi connectivity index (χ4n) is 6.12. The predicted molar refractivity (Wildman–Crippen MR) is 150 cm³/mol. The monoisotopic (exact) mass is 518 g/mol. The highest BCUT2D eigenvalue weighted by Gasteiger charge is 2.58. The first kappa shape index (κ1) is 23.9. The lowest BCUT2D eigenvalue weighted by molar-refractivity contribution is -0.128. The summed E-state index contributed by atoms with van der Waals surface area (Å²) in [5.41, 5.74) is 1.44. The second kappa shape index (κ2) is 8.41. The van der Waals surface area contributed by atoms with E-state index in [1.165, 1.54) is 0 Å². The van der Waals surface area contributed by atoms with Gasteiger partial charge in [0.2, 0.25) is 0 Å². The van der Waals surface area contributed by atoms with Crippen LogP contribution in [0.4, 0.5) is 0 Å². The largest absolute Gasteiger partial charge is 0.381 e. The van der Waals surface area contributed by atoms with Gasteiger partial charge in [0.25, 0.3) is 0 Å². The van der Waals surface area contributed by atoms with E-state index in [0.29, 0.717) is 19.0 Å². The number of carbonyl (C=O) groups excluding carboxylic acids is 1. The number of Topliss-reactive ketones (excluding diaryl/α,β-unsaturated/α-hetero) is 1. The van der Waals surface area contributed by atoms with Gasteiger partial charge in [-0.05, 0) is 87.9 Å². The number of rotatable bonds is 2. The van der Waals surface area contributed by atoms with E-state index in [4.69, 9.17) is 14.7 Å². The number of hydrogen-bond acceptors (Lipinski definition) is 7. The van der Waals surface area contributed by atoms with Gasteiger partial charge >= 0.3 is 0 Å². The first-order chi connectivity index (χ1) is 18.8. The summed E-state index contributed by atoms with van der Waals surface area (Å²) in [7, 11) is 0. The lowest BCUT2D eigenvalue weighted by Gasteiger charge is -2.31. The van der Waals surface area contributed by atoms with E-state index >= 15 is 0 Å². The maximum atomic E-state index is 14.4. The number of aliphatic imine (C=N–C) groups is 2. The van der Waals surface area contributed by atoms with E-state index in [9.17, 15) is 4.79 Å². The first-order valence-corrected chi connectivity index (χ1v) is 13.4. The number of aromatic nitrogens is 3. The van der Waals surface area contributed by atoms with Crippen molar-refractivity contribution in [3.8, 4) is 0 Å². The minimum absolute atomic E-state index is 0.0191.